The van der Waals surface area contributed by atoms with Crippen LogP contribution in [0.4, 0.5) is 0 Å². The first-order valence-electron chi connectivity index (χ1n) is 10.7. The Balaban J connectivity index is 1.61. The number of nitrogens with zero attached hydrogens (tertiary/aromatic N) is 1. The van der Waals surface area contributed by atoms with E-state index in [4.69, 9.17) is 18.9 Å². The maximum absolute atomic E-state index is 12.7. The number of aryl methyl sites for hydroxylation is 1. The summed E-state index contributed by atoms with van der Waals surface area (Å²) in [5, 5.41) is 0. The van der Waals surface area contributed by atoms with Crippen LogP contribution in [0.3, 0.4) is 0 Å². The van der Waals surface area contributed by atoms with Gasteiger partial charge in [-0.2, -0.15) is 0 Å². The van der Waals surface area contributed by atoms with Crippen molar-refractivity contribution in [2.24, 2.45) is 4.99 Å². The number of para-hydroxylation sites is 1. The number of aliphatic imine (C=N–C) groups is 1. The van der Waals surface area contributed by atoms with E-state index in [9.17, 15) is 9.59 Å². The summed E-state index contributed by atoms with van der Waals surface area (Å²) in [5.74, 6) is 0.169. The Labute approximate surface area is 197 Å². The molecule has 0 spiro atoms. The average Bonchev–Trinajstić information content (AvgIpc) is 3.20. The van der Waals surface area contributed by atoms with Gasteiger partial charge in [0.15, 0.2) is 17.2 Å². The number of cyclic esters (lactones) is 1. The maximum Gasteiger partial charge on any atom is 0.363 e. The van der Waals surface area contributed by atoms with E-state index in [1.54, 1.807) is 48.5 Å². The van der Waals surface area contributed by atoms with E-state index in [0.29, 0.717) is 29.2 Å². The van der Waals surface area contributed by atoms with Crippen molar-refractivity contribution in [1.82, 2.24) is 0 Å². The highest BCUT2D eigenvalue weighted by atomic mass is 16.6. The molecule has 0 saturated carbocycles. The van der Waals surface area contributed by atoms with Gasteiger partial charge in [0.05, 0.1) is 13.7 Å². The Kier molecular flexibility index (Phi) is 6.73. The third-order valence-electron chi connectivity index (χ3n) is 5.10. The molecule has 3 aromatic carbocycles. The molecule has 1 aliphatic rings. The van der Waals surface area contributed by atoms with Gasteiger partial charge in [0.25, 0.3) is 0 Å². The fraction of sp³-hybridized carbons (Fsp3) is 0.148. The van der Waals surface area contributed by atoms with Gasteiger partial charge < -0.3 is 18.9 Å². The molecule has 0 aromatic heterocycles. The van der Waals surface area contributed by atoms with Gasteiger partial charge in [-0.05, 0) is 61.4 Å². The van der Waals surface area contributed by atoms with Crippen molar-refractivity contribution in [2.45, 2.75) is 13.8 Å². The van der Waals surface area contributed by atoms with E-state index in [-0.39, 0.29) is 17.3 Å². The average molecular weight is 457 g/mol. The highest BCUT2D eigenvalue weighted by Gasteiger charge is 2.25. The lowest BCUT2D eigenvalue weighted by Crippen LogP contribution is -2.11. The molecular formula is C27H23NO6. The molecule has 4 rings (SSSR count). The SMILES string of the molecule is CCOc1cc(/C=C2/N=C(c3ccccc3C)OC2=O)ccc1OC(=O)c1ccccc1OC. The topological polar surface area (TPSA) is 83.4 Å². The van der Waals surface area contributed by atoms with Crippen LogP contribution in [-0.4, -0.2) is 31.6 Å². The summed E-state index contributed by atoms with van der Waals surface area (Å²) < 4.78 is 21.9. The molecular weight excluding hydrogens is 434 g/mol. The molecule has 0 bridgehead atoms. The van der Waals surface area contributed by atoms with Crippen LogP contribution in [0.2, 0.25) is 0 Å². The molecule has 7 nitrogen and oxygen atoms in total. The number of carbonyl (C=O) groups is 2. The van der Waals surface area contributed by atoms with Crippen molar-refractivity contribution >= 4 is 23.9 Å². The largest absolute Gasteiger partial charge is 0.496 e. The third kappa shape index (κ3) is 4.83. The minimum Gasteiger partial charge on any atom is -0.496 e. The summed E-state index contributed by atoms with van der Waals surface area (Å²) in [5.41, 5.74) is 2.81. The summed E-state index contributed by atoms with van der Waals surface area (Å²) in [6.07, 6.45) is 1.60. The van der Waals surface area contributed by atoms with Crippen LogP contribution in [0.15, 0.2) is 77.4 Å². The Morgan fingerprint density at radius 3 is 2.53 bits per heavy atom. The van der Waals surface area contributed by atoms with Crippen molar-refractivity contribution < 1.29 is 28.5 Å². The fourth-order valence-electron chi connectivity index (χ4n) is 3.43. The van der Waals surface area contributed by atoms with Gasteiger partial charge in [0.2, 0.25) is 5.90 Å². The molecule has 0 N–H and O–H groups in total. The molecule has 34 heavy (non-hydrogen) atoms. The van der Waals surface area contributed by atoms with Gasteiger partial charge in [-0.25, -0.2) is 14.6 Å². The second kappa shape index (κ2) is 10.0. The molecule has 0 amide bonds. The Hall–Kier alpha value is -4.39. The molecule has 0 saturated heterocycles. The highest BCUT2D eigenvalue weighted by molar-refractivity contribution is 6.13. The van der Waals surface area contributed by atoms with Crippen molar-refractivity contribution in [3.05, 3.63) is 94.7 Å². The third-order valence-corrected chi connectivity index (χ3v) is 5.10. The first-order valence-corrected chi connectivity index (χ1v) is 10.7. The molecule has 3 aromatic rings. The molecule has 7 heteroatoms. The number of ether oxygens (including phenoxy) is 4. The van der Waals surface area contributed by atoms with Crippen LogP contribution in [-0.2, 0) is 9.53 Å². The van der Waals surface area contributed by atoms with Crippen molar-refractivity contribution in [3.63, 3.8) is 0 Å². The van der Waals surface area contributed by atoms with E-state index >= 15 is 0 Å². The molecule has 0 atom stereocenters. The number of esters is 2. The van der Waals surface area contributed by atoms with E-state index < -0.39 is 11.9 Å². The van der Waals surface area contributed by atoms with Gasteiger partial charge in [0, 0.05) is 5.56 Å². The lowest BCUT2D eigenvalue weighted by molar-refractivity contribution is -0.129. The van der Waals surface area contributed by atoms with Gasteiger partial charge >= 0.3 is 11.9 Å². The van der Waals surface area contributed by atoms with Crippen LogP contribution in [0.25, 0.3) is 6.08 Å². The van der Waals surface area contributed by atoms with Gasteiger partial charge in [-0.3, -0.25) is 0 Å². The van der Waals surface area contributed by atoms with E-state index in [0.717, 1.165) is 11.1 Å². The normalized spacial score (nSPS) is 13.9. The lowest BCUT2D eigenvalue weighted by Gasteiger charge is -2.12. The van der Waals surface area contributed by atoms with Crippen molar-refractivity contribution in [2.75, 3.05) is 13.7 Å². The zero-order valence-electron chi connectivity index (χ0n) is 19.0. The van der Waals surface area contributed by atoms with E-state index in [1.165, 1.54) is 7.11 Å². The quantitative estimate of drug-likeness (QED) is 0.283. The number of hydrogen-bond acceptors (Lipinski definition) is 7. The molecule has 1 heterocycles. The number of carbonyl (C=O) groups excluding carboxylic acids is 2. The Morgan fingerprint density at radius 1 is 1.00 bits per heavy atom. The number of rotatable bonds is 7. The molecule has 0 aliphatic carbocycles. The van der Waals surface area contributed by atoms with Crippen molar-refractivity contribution in [3.8, 4) is 17.2 Å². The van der Waals surface area contributed by atoms with Crippen LogP contribution in [0.5, 0.6) is 17.2 Å². The standard InChI is InChI=1S/C27H23NO6/c1-4-32-24-16-18(13-14-23(24)33-26(29)20-11-7-8-12-22(20)31-3)15-21-27(30)34-25(28-21)19-10-6-5-9-17(19)2/h5-16H,4H2,1-3H3/b21-15+. The van der Waals surface area contributed by atoms with Crippen LogP contribution in [0.1, 0.15) is 34.0 Å². The Bertz CT molecular complexity index is 1310. The fourth-order valence-corrected chi connectivity index (χ4v) is 3.43. The highest BCUT2D eigenvalue weighted by Crippen LogP contribution is 2.32. The smallest absolute Gasteiger partial charge is 0.363 e. The Morgan fingerprint density at radius 2 is 1.76 bits per heavy atom. The minimum atomic E-state index is -0.573. The molecule has 1 aliphatic heterocycles. The second-order valence-electron chi connectivity index (χ2n) is 7.38. The van der Waals surface area contributed by atoms with Gasteiger partial charge in [0.1, 0.15) is 11.3 Å². The predicted octanol–water partition coefficient (Wildman–Crippen LogP) is 4.97. The maximum atomic E-state index is 12.7. The van der Waals surface area contributed by atoms with E-state index in [2.05, 4.69) is 4.99 Å². The monoisotopic (exact) mass is 457 g/mol. The molecule has 0 radical (unpaired) electrons. The molecule has 0 unspecified atom stereocenters. The van der Waals surface area contributed by atoms with Gasteiger partial charge in [-0.15, -0.1) is 0 Å². The summed E-state index contributed by atoms with van der Waals surface area (Å²) in [6, 6.07) is 19.3. The molecule has 172 valence electrons. The number of hydrogen-bond donors (Lipinski definition) is 0. The first kappa shape index (κ1) is 22.8. The summed E-state index contributed by atoms with van der Waals surface area (Å²) >= 11 is 0. The predicted molar refractivity (Wildman–Crippen MR) is 127 cm³/mol. The van der Waals surface area contributed by atoms with Crippen LogP contribution < -0.4 is 14.2 Å². The van der Waals surface area contributed by atoms with E-state index in [1.807, 2.05) is 38.1 Å². The van der Waals surface area contributed by atoms with Crippen molar-refractivity contribution in [1.29, 1.82) is 0 Å². The van der Waals surface area contributed by atoms with Crippen LogP contribution in [0, 0.1) is 6.92 Å². The van der Waals surface area contributed by atoms with Crippen LogP contribution >= 0.6 is 0 Å². The number of methoxy groups -OCH3 is 1. The first-order chi connectivity index (χ1) is 16.5. The zero-order valence-corrected chi connectivity index (χ0v) is 19.0. The minimum absolute atomic E-state index is 0.166. The second-order valence-corrected chi connectivity index (χ2v) is 7.38. The zero-order chi connectivity index (χ0) is 24.1. The molecule has 0 fully saturated rings. The summed E-state index contributed by atoms with van der Waals surface area (Å²) in [6.45, 7) is 4.10. The number of benzene rings is 3. The van der Waals surface area contributed by atoms with Gasteiger partial charge in [-0.1, -0.05) is 36.4 Å². The lowest BCUT2D eigenvalue weighted by atomic mass is 10.1. The summed E-state index contributed by atoms with van der Waals surface area (Å²) in [4.78, 5) is 29.5. The summed E-state index contributed by atoms with van der Waals surface area (Å²) in [7, 11) is 1.49.